The minimum absolute atomic E-state index is 0.293. The molecule has 0 amide bonds. The van der Waals surface area contributed by atoms with Gasteiger partial charge in [-0.3, -0.25) is 0 Å². The molecule has 1 aromatic rings. The van der Waals surface area contributed by atoms with Crippen LogP contribution in [0.25, 0.3) is 0 Å². The van der Waals surface area contributed by atoms with E-state index in [1.165, 1.54) is 18.2 Å². The second-order valence-corrected chi connectivity index (χ2v) is 3.52. The molecule has 1 aromatic carbocycles. The highest BCUT2D eigenvalue weighted by Crippen LogP contribution is 2.22. The fourth-order valence-corrected chi connectivity index (χ4v) is 1.41. The Kier molecular flexibility index (Phi) is 4.06. The van der Waals surface area contributed by atoms with Crippen LogP contribution in [-0.4, -0.2) is 28.0 Å². The average Bonchev–Trinajstić information content (AvgIpc) is 2.26. The van der Waals surface area contributed by atoms with Gasteiger partial charge in [-0.05, 0) is 23.8 Å². The van der Waals surface area contributed by atoms with Gasteiger partial charge in [-0.15, -0.1) is 0 Å². The molecule has 1 rings (SSSR count). The van der Waals surface area contributed by atoms with Gasteiger partial charge in [0.1, 0.15) is 12.2 Å². The molecule has 0 heterocycles. The molecule has 5 heteroatoms. The number of hydrogen-bond donors (Lipinski definition) is 3. The predicted octanol–water partition coefficient (Wildman–Crippen LogP) is 0.598. The first-order valence-electron chi connectivity index (χ1n) is 4.26. The van der Waals surface area contributed by atoms with E-state index in [9.17, 15) is 10.2 Å². The van der Waals surface area contributed by atoms with Crippen LogP contribution in [0.1, 0.15) is 17.2 Å². The topological polar surface area (TPSA) is 84.5 Å². The van der Waals surface area contributed by atoms with E-state index in [4.69, 9.17) is 22.0 Å². The van der Waals surface area contributed by atoms with Crippen LogP contribution < -0.4 is 0 Å². The van der Waals surface area contributed by atoms with Gasteiger partial charge in [-0.1, -0.05) is 11.6 Å². The average molecular weight is 228 g/mol. The number of aliphatic hydroxyl groups is 3. The molecule has 0 aromatic heterocycles. The molecule has 2 unspecified atom stereocenters. The van der Waals surface area contributed by atoms with Crippen molar-refractivity contribution in [2.75, 3.05) is 6.61 Å². The van der Waals surface area contributed by atoms with Crippen LogP contribution in [0.2, 0.25) is 5.02 Å². The molecule has 0 saturated heterocycles. The summed E-state index contributed by atoms with van der Waals surface area (Å²) < 4.78 is 0. The monoisotopic (exact) mass is 227 g/mol. The van der Waals surface area contributed by atoms with Crippen molar-refractivity contribution in [3.05, 3.63) is 34.3 Å². The van der Waals surface area contributed by atoms with Crippen LogP contribution in [0.5, 0.6) is 0 Å². The zero-order chi connectivity index (χ0) is 11.4. The first-order valence-corrected chi connectivity index (χ1v) is 4.64. The first kappa shape index (κ1) is 12.0. The number of rotatable bonds is 3. The van der Waals surface area contributed by atoms with Gasteiger partial charge in [0.2, 0.25) is 0 Å². The Morgan fingerprint density at radius 2 is 2.00 bits per heavy atom. The third-order valence-electron chi connectivity index (χ3n) is 1.94. The summed E-state index contributed by atoms with van der Waals surface area (Å²) in [7, 11) is 0. The highest BCUT2D eigenvalue weighted by atomic mass is 35.5. The van der Waals surface area contributed by atoms with Crippen molar-refractivity contribution in [2.45, 2.75) is 12.2 Å². The number of nitrogens with zero attached hydrogens (tertiary/aromatic N) is 1. The first-order chi connectivity index (χ1) is 7.08. The van der Waals surface area contributed by atoms with E-state index in [2.05, 4.69) is 0 Å². The van der Waals surface area contributed by atoms with Gasteiger partial charge in [0.25, 0.3) is 0 Å². The van der Waals surface area contributed by atoms with Crippen LogP contribution in [0.4, 0.5) is 0 Å². The Morgan fingerprint density at radius 3 is 2.53 bits per heavy atom. The maximum absolute atomic E-state index is 9.56. The molecule has 4 nitrogen and oxygen atoms in total. The van der Waals surface area contributed by atoms with E-state index >= 15 is 0 Å². The number of nitriles is 1. The van der Waals surface area contributed by atoms with Gasteiger partial charge in [0, 0.05) is 5.02 Å². The normalized spacial score (nSPS) is 14.3. The Morgan fingerprint density at radius 1 is 1.33 bits per heavy atom. The van der Waals surface area contributed by atoms with Crippen LogP contribution in [0.15, 0.2) is 18.2 Å². The van der Waals surface area contributed by atoms with Gasteiger partial charge >= 0.3 is 0 Å². The van der Waals surface area contributed by atoms with E-state index in [1.807, 2.05) is 6.07 Å². The summed E-state index contributed by atoms with van der Waals surface area (Å²) in [6, 6.07) is 6.18. The minimum atomic E-state index is -1.28. The highest BCUT2D eigenvalue weighted by molar-refractivity contribution is 6.30. The van der Waals surface area contributed by atoms with Crippen molar-refractivity contribution >= 4 is 11.6 Å². The Hall–Kier alpha value is -1.12. The molecule has 3 N–H and O–H groups in total. The van der Waals surface area contributed by atoms with Crippen molar-refractivity contribution in [3.8, 4) is 6.07 Å². The van der Waals surface area contributed by atoms with Crippen LogP contribution in [-0.2, 0) is 0 Å². The van der Waals surface area contributed by atoms with Gasteiger partial charge in [-0.2, -0.15) is 5.26 Å². The third-order valence-corrected chi connectivity index (χ3v) is 2.16. The van der Waals surface area contributed by atoms with E-state index in [1.54, 1.807) is 0 Å². The van der Waals surface area contributed by atoms with Gasteiger partial charge < -0.3 is 15.3 Å². The van der Waals surface area contributed by atoms with Crippen molar-refractivity contribution in [2.24, 2.45) is 0 Å². The lowest BCUT2D eigenvalue weighted by Gasteiger charge is -2.16. The van der Waals surface area contributed by atoms with Gasteiger partial charge in [0.05, 0.1) is 18.2 Å². The zero-order valence-electron chi connectivity index (χ0n) is 7.76. The molecular weight excluding hydrogens is 218 g/mol. The number of benzene rings is 1. The number of halogens is 1. The molecule has 80 valence electrons. The molecule has 0 saturated carbocycles. The lowest BCUT2D eigenvalue weighted by molar-refractivity contribution is -0.0152. The molecule has 15 heavy (non-hydrogen) atoms. The maximum atomic E-state index is 9.56. The van der Waals surface area contributed by atoms with Crippen molar-refractivity contribution in [1.82, 2.24) is 0 Å². The molecule has 0 radical (unpaired) electrons. The largest absolute Gasteiger partial charge is 0.394 e. The second kappa shape index (κ2) is 5.10. The Bertz CT molecular complexity index is 389. The lowest BCUT2D eigenvalue weighted by atomic mass is 10.0. The zero-order valence-corrected chi connectivity index (χ0v) is 8.52. The fraction of sp³-hybridized carbons (Fsp3) is 0.300. The molecular formula is C10H10ClNO3. The molecule has 0 bridgehead atoms. The maximum Gasteiger partial charge on any atom is 0.107 e. The molecule has 0 aliphatic rings. The summed E-state index contributed by atoms with van der Waals surface area (Å²) in [5, 5.41) is 36.4. The van der Waals surface area contributed by atoms with E-state index < -0.39 is 18.8 Å². The number of aliphatic hydroxyl groups excluding tert-OH is 3. The number of hydrogen-bond acceptors (Lipinski definition) is 4. The molecule has 0 aliphatic heterocycles. The summed E-state index contributed by atoms with van der Waals surface area (Å²) in [4.78, 5) is 0. The lowest BCUT2D eigenvalue weighted by Crippen LogP contribution is -2.22. The summed E-state index contributed by atoms with van der Waals surface area (Å²) in [6.45, 7) is -0.560. The third kappa shape index (κ3) is 2.91. The molecule has 0 fully saturated rings. The van der Waals surface area contributed by atoms with Crippen LogP contribution in [0.3, 0.4) is 0 Å². The minimum Gasteiger partial charge on any atom is -0.394 e. The summed E-state index contributed by atoms with van der Waals surface area (Å²) in [5.41, 5.74) is 0.599. The molecule has 0 spiro atoms. The van der Waals surface area contributed by atoms with Crippen molar-refractivity contribution in [1.29, 1.82) is 5.26 Å². The summed E-state index contributed by atoms with van der Waals surface area (Å²) in [6.07, 6.45) is -2.53. The predicted molar refractivity (Wildman–Crippen MR) is 54.2 cm³/mol. The van der Waals surface area contributed by atoms with Gasteiger partial charge in [-0.25, -0.2) is 0 Å². The van der Waals surface area contributed by atoms with Crippen LogP contribution >= 0.6 is 11.6 Å². The SMILES string of the molecule is N#Cc1cc(Cl)cc(C(O)C(O)CO)c1. The molecule has 0 aliphatic carbocycles. The Balaban J connectivity index is 3.04. The Labute approximate surface area is 92.0 Å². The quantitative estimate of drug-likeness (QED) is 0.706. The van der Waals surface area contributed by atoms with E-state index in [0.717, 1.165) is 0 Å². The van der Waals surface area contributed by atoms with Gasteiger partial charge in [0.15, 0.2) is 0 Å². The van der Waals surface area contributed by atoms with Crippen LogP contribution in [0, 0.1) is 11.3 Å². The fourth-order valence-electron chi connectivity index (χ4n) is 1.17. The molecule has 2 atom stereocenters. The highest BCUT2D eigenvalue weighted by Gasteiger charge is 2.18. The van der Waals surface area contributed by atoms with E-state index in [0.29, 0.717) is 16.1 Å². The van der Waals surface area contributed by atoms with Crippen molar-refractivity contribution < 1.29 is 15.3 Å². The smallest absolute Gasteiger partial charge is 0.107 e. The van der Waals surface area contributed by atoms with E-state index in [-0.39, 0.29) is 0 Å². The second-order valence-electron chi connectivity index (χ2n) is 3.08. The standard InChI is InChI=1S/C10H10ClNO3/c11-8-2-6(4-12)1-7(3-8)10(15)9(14)5-13/h1-3,9-10,13-15H,5H2. The van der Waals surface area contributed by atoms with Crippen molar-refractivity contribution in [3.63, 3.8) is 0 Å². The summed E-state index contributed by atoms with van der Waals surface area (Å²) in [5.74, 6) is 0. The summed E-state index contributed by atoms with van der Waals surface area (Å²) >= 11 is 5.71.